The summed E-state index contributed by atoms with van der Waals surface area (Å²) in [4.78, 5) is 11.2. The van der Waals surface area contributed by atoms with E-state index in [9.17, 15) is 10.0 Å². The van der Waals surface area contributed by atoms with Crippen LogP contribution in [0.5, 0.6) is 0 Å². The molecule has 0 amide bonds. The van der Waals surface area contributed by atoms with Crippen LogP contribution in [0.4, 0.5) is 17.5 Å². The molecule has 0 saturated carbocycles. The molecule has 0 bridgehead atoms. The average Bonchev–Trinajstić information content (AvgIpc) is 3.03. The summed E-state index contributed by atoms with van der Waals surface area (Å²) in [6.07, 6.45) is 2.46. The molecule has 2 aromatic carbocycles. The Morgan fingerprint density at radius 1 is 1.11 bits per heavy atom. The maximum absolute atomic E-state index is 9.65. The van der Waals surface area contributed by atoms with Gasteiger partial charge < -0.3 is 20.3 Å². The Labute approximate surface area is 158 Å². The van der Waals surface area contributed by atoms with Crippen LogP contribution in [0.15, 0.2) is 60.8 Å². The van der Waals surface area contributed by atoms with Crippen molar-refractivity contribution in [2.45, 2.75) is 25.9 Å². The van der Waals surface area contributed by atoms with Crippen molar-refractivity contribution >= 4 is 30.0 Å². The van der Waals surface area contributed by atoms with Crippen LogP contribution in [-0.2, 0) is 13.0 Å². The number of rotatable bonds is 5. The highest BCUT2D eigenvalue weighted by Gasteiger charge is 2.33. The smallest absolute Gasteiger partial charge is 0.423 e. The molecule has 1 unspecified atom stereocenters. The van der Waals surface area contributed by atoms with Gasteiger partial charge in [0.2, 0.25) is 5.95 Å². The monoisotopic (exact) mass is 360 g/mol. The maximum Gasteiger partial charge on any atom is 0.488 e. The lowest BCUT2D eigenvalue weighted by Crippen LogP contribution is -2.32. The summed E-state index contributed by atoms with van der Waals surface area (Å²) < 4.78 is 0. The number of fused-ring (bicyclic) bond motifs is 1. The number of anilines is 3. The van der Waals surface area contributed by atoms with Crippen molar-refractivity contribution in [3.63, 3.8) is 0 Å². The van der Waals surface area contributed by atoms with E-state index >= 15 is 0 Å². The van der Waals surface area contributed by atoms with E-state index in [1.54, 1.807) is 12.3 Å². The molecule has 0 radical (unpaired) electrons. The van der Waals surface area contributed by atoms with Gasteiger partial charge in [0.1, 0.15) is 5.82 Å². The predicted octanol–water partition coefficient (Wildman–Crippen LogP) is 1.85. The highest BCUT2D eigenvalue weighted by Crippen LogP contribution is 2.35. The molecule has 27 heavy (non-hydrogen) atoms. The van der Waals surface area contributed by atoms with Crippen molar-refractivity contribution in [2.24, 2.45) is 0 Å². The number of aromatic nitrogens is 2. The van der Waals surface area contributed by atoms with Gasteiger partial charge in [0.05, 0.1) is 0 Å². The van der Waals surface area contributed by atoms with Crippen molar-refractivity contribution in [1.29, 1.82) is 0 Å². The summed E-state index contributed by atoms with van der Waals surface area (Å²) in [7, 11) is -1.48. The van der Waals surface area contributed by atoms with Crippen LogP contribution in [0.25, 0.3) is 0 Å². The van der Waals surface area contributed by atoms with Gasteiger partial charge in [0.15, 0.2) is 0 Å². The minimum Gasteiger partial charge on any atom is -0.423 e. The molecule has 7 heteroatoms. The third kappa shape index (κ3) is 3.52. The summed E-state index contributed by atoms with van der Waals surface area (Å²) in [6.45, 7) is 2.77. The Morgan fingerprint density at radius 3 is 2.70 bits per heavy atom. The first-order valence-electron chi connectivity index (χ1n) is 9.01. The molecular weight excluding hydrogens is 339 g/mol. The van der Waals surface area contributed by atoms with E-state index in [1.807, 2.05) is 36.4 Å². The quantitative estimate of drug-likeness (QED) is 0.603. The van der Waals surface area contributed by atoms with Gasteiger partial charge in [-0.15, -0.1) is 0 Å². The van der Waals surface area contributed by atoms with Crippen molar-refractivity contribution in [3.05, 3.63) is 71.9 Å². The first-order valence-corrected chi connectivity index (χ1v) is 9.01. The second kappa shape index (κ2) is 7.38. The minimum atomic E-state index is -1.48. The Kier molecular flexibility index (Phi) is 4.79. The van der Waals surface area contributed by atoms with E-state index in [-0.39, 0.29) is 6.04 Å². The fourth-order valence-corrected chi connectivity index (χ4v) is 3.56. The van der Waals surface area contributed by atoms with Crippen molar-refractivity contribution in [1.82, 2.24) is 9.97 Å². The van der Waals surface area contributed by atoms with Gasteiger partial charge in [0.25, 0.3) is 0 Å². The van der Waals surface area contributed by atoms with Crippen molar-refractivity contribution < 1.29 is 10.0 Å². The highest BCUT2D eigenvalue weighted by atomic mass is 16.4. The van der Waals surface area contributed by atoms with E-state index in [1.165, 1.54) is 5.56 Å². The second-order valence-corrected chi connectivity index (χ2v) is 6.72. The molecule has 3 aromatic rings. The molecule has 1 atom stereocenters. The predicted molar refractivity (Wildman–Crippen MR) is 107 cm³/mol. The van der Waals surface area contributed by atoms with E-state index in [2.05, 4.69) is 39.2 Å². The third-order valence-electron chi connectivity index (χ3n) is 4.84. The minimum absolute atomic E-state index is 0.129. The van der Waals surface area contributed by atoms with Crippen molar-refractivity contribution in [3.8, 4) is 0 Å². The molecule has 1 aliphatic rings. The average molecular weight is 360 g/mol. The first kappa shape index (κ1) is 17.5. The summed E-state index contributed by atoms with van der Waals surface area (Å²) in [5.41, 5.74) is 3.58. The molecule has 3 N–H and O–H groups in total. The highest BCUT2D eigenvalue weighted by molar-refractivity contribution is 6.59. The lowest BCUT2D eigenvalue weighted by Gasteiger charge is -2.23. The van der Waals surface area contributed by atoms with E-state index in [0.29, 0.717) is 24.4 Å². The molecule has 2 heterocycles. The number of benzene rings is 2. The Morgan fingerprint density at radius 2 is 1.93 bits per heavy atom. The van der Waals surface area contributed by atoms with E-state index < -0.39 is 7.12 Å². The molecule has 136 valence electrons. The number of nitrogens with zero attached hydrogens (tertiary/aromatic N) is 3. The summed E-state index contributed by atoms with van der Waals surface area (Å²) >= 11 is 0. The largest absolute Gasteiger partial charge is 0.488 e. The third-order valence-corrected chi connectivity index (χ3v) is 4.84. The van der Waals surface area contributed by atoms with Gasteiger partial charge >= 0.3 is 7.12 Å². The number of hydrogen-bond acceptors (Lipinski definition) is 6. The molecule has 0 aliphatic carbocycles. The van der Waals surface area contributed by atoms with Crippen LogP contribution in [0, 0.1) is 0 Å². The molecule has 0 saturated heterocycles. The Balaban J connectivity index is 1.60. The zero-order chi connectivity index (χ0) is 18.8. The van der Waals surface area contributed by atoms with Gasteiger partial charge in [-0.2, -0.15) is 4.98 Å². The molecule has 6 nitrogen and oxygen atoms in total. The lowest BCUT2D eigenvalue weighted by molar-refractivity contribution is 0.425. The lowest BCUT2D eigenvalue weighted by atomic mass is 9.76. The molecule has 4 rings (SSSR count). The zero-order valence-electron chi connectivity index (χ0n) is 15.1. The molecular formula is C20H21BN4O2. The summed E-state index contributed by atoms with van der Waals surface area (Å²) in [5.74, 6) is 1.35. The van der Waals surface area contributed by atoms with Crippen LogP contribution in [0.3, 0.4) is 0 Å². The van der Waals surface area contributed by atoms with Crippen LogP contribution in [-0.4, -0.2) is 33.2 Å². The Bertz CT molecular complexity index is 936. The summed E-state index contributed by atoms with van der Waals surface area (Å²) in [6, 6.07) is 17.7. The second-order valence-electron chi connectivity index (χ2n) is 6.72. The van der Waals surface area contributed by atoms with Crippen LogP contribution in [0.2, 0.25) is 0 Å². The zero-order valence-corrected chi connectivity index (χ0v) is 15.1. The fraction of sp³-hybridized carbons (Fsp3) is 0.200. The van der Waals surface area contributed by atoms with Crippen LogP contribution < -0.4 is 15.7 Å². The van der Waals surface area contributed by atoms with Gasteiger partial charge in [-0.3, -0.25) is 0 Å². The fourth-order valence-electron chi connectivity index (χ4n) is 3.56. The molecule has 1 aliphatic heterocycles. The van der Waals surface area contributed by atoms with Crippen molar-refractivity contribution in [2.75, 3.05) is 10.2 Å². The van der Waals surface area contributed by atoms with Crippen LogP contribution in [0.1, 0.15) is 18.1 Å². The van der Waals surface area contributed by atoms with E-state index in [0.717, 1.165) is 17.1 Å². The molecule has 0 spiro atoms. The van der Waals surface area contributed by atoms with E-state index in [4.69, 9.17) is 0 Å². The van der Waals surface area contributed by atoms with Gasteiger partial charge in [0, 0.05) is 24.5 Å². The summed E-state index contributed by atoms with van der Waals surface area (Å²) in [5, 5.41) is 22.6. The topological polar surface area (TPSA) is 81.5 Å². The molecule has 1 aromatic heterocycles. The van der Waals surface area contributed by atoms with Gasteiger partial charge in [-0.1, -0.05) is 42.5 Å². The first-order chi connectivity index (χ1) is 13.1. The normalized spacial score (nSPS) is 15.5. The maximum atomic E-state index is 9.65. The number of nitrogens with one attached hydrogen (secondary N) is 1. The van der Waals surface area contributed by atoms with Gasteiger partial charge in [-0.25, -0.2) is 4.98 Å². The van der Waals surface area contributed by atoms with Crippen LogP contribution >= 0.6 is 0 Å². The number of hydrogen-bond donors (Lipinski definition) is 3. The standard InChI is InChI=1S/C20H21BN4O2/c1-14-12-16-17(21(26)27)8-5-9-18(16)25(14)20-22-11-10-19(24-20)23-13-15-6-3-2-4-7-15/h2-11,14,26-27H,12-13H2,1H3,(H,22,23,24). The van der Waals surface area contributed by atoms with Gasteiger partial charge in [-0.05, 0) is 42.1 Å². The SMILES string of the molecule is CC1Cc2c(B(O)O)cccc2N1c1nccc(NCc2ccccc2)n1. The molecule has 0 fully saturated rings. The Hall–Kier alpha value is -2.90.